The Morgan fingerprint density at radius 2 is 2.26 bits per heavy atom. The number of hydrogen-bond donors (Lipinski definition) is 1. The zero-order valence-electron chi connectivity index (χ0n) is 12.2. The van der Waals surface area contributed by atoms with Gasteiger partial charge in [0.15, 0.2) is 0 Å². The predicted molar refractivity (Wildman–Crippen MR) is 78.3 cm³/mol. The summed E-state index contributed by atoms with van der Waals surface area (Å²) in [5.74, 6) is 0.816. The van der Waals surface area contributed by atoms with E-state index in [1.807, 2.05) is 13.1 Å². The number of rotatable bonds is 7. The third-order valence-electron chi connectivity index (χ3n) is 3.96. The second kappa shape index (κ2) is 6.35. The van der Waals surface area contributed by atoms with Gasteiger partial charge in [-0.1, -0.05) is 0 Å². The number of aryl methyl sites for hydroxylation is 1. The van der Waals surface area contributed by atoms with Gasteiger partial charge < -0.3 is 15.4 Å². The molecule has 0 saturated heterocycles. The van der Waals surface area contributed by atoms with Gasteiger partial charge in [0, 0.05) is 49.4 Å². The fraction of sp³-hybridized carbons (Fsp3) is 0.667. The van der Waals surface area contributed by atoms with Crippen LogP contribution >= 0.6 is 0 Å². The Balaban J connectivity index is 2.27. The molecule has 4 heteroatoms. The molecule has 2 N–H and O–H groups in total. The summed E-state index contributed by atoms with van der Waals surface area (Å²) in [7, 11) is 1.75. The topological polar surface area (TPSA) is 51.4 Å². The smallest absolute Gasteiger partial charge is 0.0637 e. The molecule has 0 spiro atoms. The van der Waals surface area contributed by atoms with E-state index >= 15 is 0 Å². The lowest BCUT2D eigenvalue weighted by atomic mass is 10.1. The molecule has 0 amide bonds. The van der Waals surface area contributed by atoms with Gasteiger partial charge in [-0.25, -0.2) is 0 Å². The third-order valence-corrected chi connectivity index (χ3v) is 3.96. The highest BCUT2D eigenvalue weighted by molar-refractivity contribution is 5.54. The van der Waals surface area contributed by atoms with Crippen LogP contribution < -0.4 is 10.6 Å². The quantitative estimate of drug-likeness (QED) is 0.818. The van der Waals surface area contributed by atoms with Gasteiger partial charge in [0.1, 0.15) is 0 Å². The molecule has 1 aliphatic rings. The highest BCUT2D eigenvalue weighted by Crippen LogP contribution is 2.37. The van der Waals surface area contributed by atoms with E-state index in [0.29, 0.717) is 12.6 Å². The van der Waals surface area contributed by atoms with Gasteiger partial charge >= 0.3 is 0 Å². The molecular weight excluding hydrogens is 238 g/mol. The second-order valence-electron chi connectivity index (χ2n) is 5.42. The van der Waals surface area contributed by atoms with Crippen molar-refractivity contribution in [3.63, 3.8) is 0 Å². The molecule has 2 rings (SSSR count). The van der Waals surface area contributed by atoms with Crippen LogP contribution in [-0.2, 0) is 11.3 Å². The van der Waals surface area contributed by atoms with Gasteiger partial charge in [0.05, 0.1) is 6.61 Å². The first-order valence-electron chi connectivity index (χ1n) is 7.08. The summed E-state index contributed by atoms with van der Waals surface area (Å²) in [4.78, 5) is 6.80. The zero-order chi connectivity index (χ0) is 13.8. The van der Waals surface area contributed by atoms with Gasteiger partial charge in [-0.3, -0.25) is 4.98 Å². The van der Waals surface area contributed by atoms with E-state index < -0.39 is 0 Å². The SMILES string of the molecule is COCCN(c1cc(C)ncc1CN)C(C)C1CC1. The van der Waals surface area contributed by atoms with Crippen LogP contribution in [0.2, 0.25) is 0 Å². The molecule has 4 nitrogen and oxygen atoms in total. The molecule has 1 saturated carbocycles. The van der Waals surface area contributed by atoms with Crippen LogP contribution in [0.15, 0.2) is 12.3 Å². The van der Waals surface area contributed by atoms with Crippen LogP contribution in [0.5, 0.6) is 0 Å². The number of hydrogen-bond acceptors (Lipinski definition) is 4. The Bertz CT molecular complexity index is 418. The maximum Gasteiger partial charge on any atom is 0.0637 e. The number of methoxy groups -OCH3 is 1. The summed E-state index contributed by atoms with van der Waals surface area (Å²) < 4.78 is 5.26. The van der Waals surface area contributed by atoms with Crippen molar-refractivity contribution in [2.75, 3.05) is 25.2 Å². The van der Waals surface area contributed by atoms with Crippen molar-refractivity contribution in [1.29, 1.82) is 0 Å². The first-order valence-corrected chi connectivity index (χ1v) is 7.08. The molecule has 1 atom stereocenters. The van der Waals surface area contributed by atoms with Crippen LogP contribution in [-0.4, -0.2) is 31.3 Å². The summed E-state index contributed by atoms with van der Waals surface area (Å²) >= 11 is 0. The lowest BCUT2D eigenvalue weighted by Gasteiger charge is -2.33. The van der Waals surface area contributed by atoms with E-state index in [0.717, 1.165) is 30.3 Å². The zero-order valence-corrected chi connectivity index (χ0v) is 12.2. The van der Waals surface area contributed by atoms with Crippen LogP contribution in [0.25, 0.3) is 0 Å². The lowest BCUT2D eigenvalue weighted by molar-refractivity contribution is 0.202. The molecule has 1 aromatic rings. The predicted octanol–water partition coefficient (Wildman–Crippen LogP) is 2.10. The van der Waals surface area contributed by atoms with E-state index in [-0.39, 0.29) is 0 Å². The minimum Gasteiger partial charge on any atom is -0.383 e. The van der Waals surface area contributed by atoms with Crippen molar-refractivity contribution in [2.45, 2.75) is 39.3 Å². The molecule has 1 heterocycles. The molecule has 0 aromatic carbocycles. The van der Waals surface area contributed by atoms with Crippen LogP contribution in [0.1, 0.15) is 31.0 Å². The summed E-state index contributed by atoms with van der Waals surface area (Å²) in [6.07, 6.45) is 4.59. The van der Waals surface area contributed by atoms with Gasteiger partial charge in [-0.05, 0) is 38.7 Å². The van der Waals surface area contributed by atoms with E-state index in [2.05, 4.69) is 22.9 Å². The lowest BCUT2D eigenvalue weighted by Crippen LogP contribution is -2.38. The fourth-order valence-corrected chi connectivity index (χ4v) is 2.56. The summed E-state index contributed by atoms with van der Waals surface area (Å²) in [6, 6.07) is 2.69. The van der Waals surface area contributed by atoms with Crippen molar-refractivity contribution in [3.8, 4) is 0 Å². The third kappa shape index (κ3) is 3.45. The van der Waals surface area contributed by atoms with E-state index in [4.69, 9.17) is 10.5 Å². The van der Waals surface area contributed by atoms with Gasteiger partial charge in [-0.2, -0.15) is 0 Å². The fourth-order valence-electron chi connectivity index (χ4n) is 2.56. The average molecular weight is 263 g/mol. The van der Waals surface area contributed by atoms with Crippen molar-refractivity contribution in [2.24, 2.45) is 11.7 Å². The van der Waals surface area contributed by atoms with Gasteiger partial charge in [0.25, 0.3) is 0 Å². The Labute approximate surface area is 116 Å². The first-order chi connectivity index (χ1) is 9.17. The standard InChI is InChI=1S/C15H25N3O/c1-11-8-15(14(9-16)10-17-11)18(6-7-19-3)12(2)13-4-5-13/h8,10,12-13H,4-7,9,16H2,1-3H3. The molecule has 1 unspecified atom stereocenters. The normalized spacial score (nSPS) is 16.4. The van der Waals surface area contributed by atoms with Crippen molar-refractivity contribution in [1.82, 2.24) is 4.98 Å². The minimum absolute atomic E-state index is 0.531. The maximum absolute atomic E-state index is 5.86. The van der Waals surface area contributed by atoms with Crippen molar-refractivity contribution in [3.05, 3.63) is 23.5 Å². The largest absolute Gasteiger partial charge is 0.383 e. The van der Waals surface area contributed by atoms with E-state index in [9.17, 15) is 0 Å². The number of ether oxygens (including phenoxy) is 1. The Morgan fingerprint density at radius 1 is 1.53 bits per heavy atom. The average Bonchev–Trinajstić information content (AvgIpc) is 3.23. The highest BCUT2D eigenvalue weighted by atomic mass is 16.5. The number of anilines is 1. The summed E-state index contributed by atoms with van der Waals surface area (Å²) in [5, 5.41) is 0. The molecule has 19 heavy (non-hydrogen) atoms. The molecule has 106 valence electrons. The van der Waals surface area contributed by atoms with Gasteiger partial charge in [-0.15, -0.1) is 0 Å². The molecule has 1 fully saturated rings. The summed E-state index contributed by atoms with van der Waals surface area (Å²) in [6.45, 7) is 6.51. The second-order valence-corrected chi connectivity index (χ2v) is 5.42. The molecular formula is C15H25N3O. The van der Waals surface area contributed by atoms with Crippen molar-refractivity contribution >= 4 is 5.69 Å². The monoisotopic (exact) mass is 263 g/mol. The van der Waals surface area contributed by atoms with Crippen LogP contribution in [0, 0.1) is 12.8 Å². The van der Waals surface area contributed by atoms with Crippen LogP contribution in [0.4, 0.5) is 5.69 Å². The maximum atomic E-state index is 5.86. The summed E-state index contributed by atoms with van der Waals surface area (Å²) in [5.41, 5.74) is 9.25. The van der Waals surface area contributed by atoms with Crippen molar-refractivity contribution < 1.29 is 4.74 Å². The Hall–Kier alpha value is -1.13. The minimum atomic E-state index is 0.531. The van der Waals surface area contributed by atoms with Gasteiger partial charge in [0.2, 0.25) is 0 Å². The number of pyridine rings is 1. The molecule has 1 aliphatic carbocycles. The molecule has 0 aliphatic heterocycles. The van der Waals surface area contributed by atoms with E-state index in [1.54, 1.807) is 7.11 Å². The number of aromatic nitrogens is 1. The highest BCUT2D eigenvalue weighted by Gasteiger charge is 2.32. The number of nitrogens with zero attached hydrogens (tertiary/aromatic N) is 2. The van der Waals surface area contributed by atoms with Crippen LogP contribution in [0.3, 0.4) is 0 Å². The van der Waals surface area contributed by atoms with E-state index in [1.165, 1.54) is 18.5 Å². The number of nitrogens with two attached hydrogens (primary N) is 1. The molecule has 1 aromatic heterocycles. The molecule has 0 radical (unpaired) electrons. The first kappa shape index (κ1) is 14.3. The Kier molecular flexibility index (Phi) is 4.77. The Morgan fingerprint density at radius 3 is 2.84 bits per heavy atom. The molecule has 0 bridgehead atoms.